The van der Waals surface area contributed by atoms with Gasteiger partial charge in [-0.3, -0.25) is 18.7 Å². The van der Waals surface area contributed by atoms with Gasteiger partial charge in [-0.25, -0.2) is 15.2 Å². The molecule has 0 saturated carbocycles. The molecule has 2 aromatic heterocycles. The summed E-state index contributed by atoms with van der Waals surface area (Å²) in [7, 11) is -4.31. The number of hydrogen-bond acceptors (Lipinski definition) is 15. The zero-order valence-electron chi connectivity index (χ0n) is 28.5. The van der Waals surface area contributed by atoms with Crippen molar-refractivity contribution in [1.29, 1.82) is 0 Å². The summed E-state index contributed by atoms with van der Waals surface area (Å²) in [5, 5.41) is 28.3. The zero-order valence-corrected chi connectivity index (χ0v) is 29.4. The van der Waals surface area contributed by atoms with Crippen LogP contribution in [0.15, 0.2) is 6.33 Å². The predicted octanol–water partition coefficient (Wildman–Crippen LogP) is 0.734. The Balaban J connectivity index is 1.62. The molecule has 2 aromatic rings. The highest BCUT2D eigenvalue weighted by atomic mass is 31.2. The van der Waals surface area contributed by atoms with E-state index >= 15 is 0 Å². The third-order valence-corrected chi connectivity index (χ3v) is 9.94. The van der Waals surface area contributed by atoms with E-state index < -0.39 is 74.2 Å². The molecule has 48 heavy (non-hydrogen) atoms. The molecule has 2 aliphatic rings. The van der Waals surface area contributed by atoms with E-state index in [9.17, 15) is 24.4 Å². The van der Waals surface area contributed by atoms with E-state index in [4.69, 9.17) is 29.2 Å². The molecular weight excluding hydrogens is 651 g/mol. The van der Waals surface area contributed by atoms with Gasteiger partial charge in [-0.15, -0.1) is 0 Å². The van der Waals surface area contributed by atoms with Crippen LogP contribution in [-0.2, 0) is 37.6 Å². The van der Waals surface area contributed by atoms with E-state index in [0.717, 1.165) is 0 Å². The summed E-state index contributed by atoms with van der Waals surface area (Å²) in [5.41, 5.74) is 4.84. The van der Waals surface area contributed by atoms with Gasteiger partial charge in [0.1, 0.15) is 29.9 Å². The fourth-order valence-electron chi connectivity index (χ4n) is 5.53. The third kappa shape index (κ3) is 8.25. The molecule has 4 heterocycles. The van der Waals surface area contributed by atoms with E-state index in [1.54, 1.807) is 41.5 Å². The SMILES string of the molecule is CCOC(=O)[C@@H](NP(=O)(N[C@H](C(=O)OCC)C(C)C)OC[C@H]1OC(n2cnc3c(N4CCOCC4)nc(N)nc32)[C@@](C)(O)C1O)C(C)C. The summed E-state index contributed by atoms with van der Waals surface area (Å²) >= 11 is 0. The molecule has 0 spiro atoms. The number of nitrogens with two attached hydrogens (primary N) is 1. The maximum Gasteiger partial charge on any atom is 0.342 e. The van der Waals surface area contributed by atoms with Crippen molar-refractivity contribution >= 4 is 42.5 Å². The number of esters is 2. The van der Waals surface area contributed by atoms with Crippen LogP contribution < -0.4 is 20.8 Å². The minimum Gasteiger partial charge on any atom is -0.465 e. The number of aliphatic hydroxyl groups excluding tert-OH is 1. The molecule has 0 radical (unpaired) electrons. The van der Waals surface area contributed by atoms with Crippen LogP contribution >= 0.6 is 7.67 Å². The van der Waals surface area contributed by atoms with E-state index in [-0.39, 0.29) is 24.8 Å². The van der Waals surface area contributed by atoms with Crippen molar-refractivity contribution in [3.05, 3.63) is 6.33 Å². The number of morpholine rings is 1. The van der Waals surface area contributed by atoms with E-state index in [1.807, 2.05) is 4.90 Å². The standard InChI is InChI=1S/C29H49N8O10P/c1-8-44-25(39)19(16(3)4)34-48(42,35-20(17(5)6)26(40)45-9-2)46-14-18-22(38)29(7,41)27(47-18)37-15-31-21-23(32-28(30)33-24(21)37)36-10-12-43-13-11-36/h15-20,22,27,38,41H,8-14H2,1-7H3,(H2,30,32,33)(H2,34,35,42)/t18-,19+,20+,22?,27?,29+/m1/s1. The minimum absolute atomic E-state index is 0.0236. The average molecular weight is 701 g/mol. The van der Waals surface area contributed by atoms with Gasteiger partial charge in [0.2, 0.25) is 5.95 Å². The van der Waals surface area contributed by atoms with Gasteiger partial charge in [-0.05, 0) is 32.6 Å². The van der Waals surface area contributed by atoms with Gasteiger partial charge in [0.05, 0.1) is 39.4 Å². The van der Waals surface area contributed by atoms with Gasteiger partial charge >= 0.3 is 19.6 Å². The smallest absolute Gasteiger partial charge is 0.342 e. The number of anilines is 2. The third-order valence-electron chi connectivity index (χ3n) is 8.19. The molecule has 18 nitrogen and oxygen atoms in total. The lowest BCUT2D eigenvalue weighted by atomic mass is 9.96. The summed E-state index contributed by atoms with van der Waals surface area (Å²) in [6, 6.07) is -2.18. The lowest BCUT2D eigenvalue weighted by Crippen LogP contribution is -2.49. The Bertz CT molecular complexity index is 1430. The maximum absolute atomic E-state index is 14.5. The average Bonchev–Trinajstić information content (AvgIpc) is 3.54. The number of nitrogens with one attached hydrogen (secondary N) is 2. The van der Waals surface area contributed by atoms with Gasteiger partial charge in [0.25, 0.3) is 0 Å². The van der Waals surface area contributed by atoms with E-state index in [1.165, 1.54) is 17.8 Å². The first kappa shape index (κ1) is 37.9. The Hall–Kier alpha value is -2.96. The van der Waals surface area contributed by atoms with Crippen LogP contribution in [0, 0.1) is 11.8 Å². The fraction of sp³-hybridized carbons (Fsp3) is 0.759. The molecule has 2 fully saturated rings. The Kier molecular flexibility index (Phi) is 12.4. The number of rotatable bonds is 15. The molecule has 19 heteroatoms. The van der Waals surface area contributed by atoms with Crippen LogP contribution in [0.2, 0.25) is 0 Å². The molecule has 0 amide bonds. The number of aromatic nitrogens is 4. The Morgan fingerprint density at radius 3 is 2.17 bits per heavy atom. The van der Waals surface area contributed by atoms with Gasteiger partial charge < -0.3 is 44.3 Å². The summed E-state index contributed by atoms with van der Waals surface area (Å²) in [4.78, 5) is 40.9. The lowest BCUT2D eigenvalue weighted by molar-refractivity contribution is -0.146. The van der Waals surface area contributed by atoms with Crippen molar-refractivity contribution in [1.82, 2.24) is 29.7 Å². The van der Waals surface area contributed by atoms with Crippen molar-refractivity contribution in [2.24, 2.45) is 11.8 Å². The highest BCUT2D eigenvalue weighted by Crippen LogP contribution is 2.45. The number of carbonyl (C=O) groups is 2. The van der Waals surface area contributed by atoms with Crippen LogP contribution in [0.3, 0.4) is 0 Å². The quantitative estimate of drug-likeness (QED) is 0.127. The van der Waals surface area contributed by atoms with Crippen molar-refractivity contribution in [3.8, 4) is 0 Å². The van der Waals surface area contributed by atoms with Crippen LogP contribution in [-0.4, -0.2) is 118 Å². The number of nitrogens with zero attached hydrogens (tertiary/aromatic N) is 5. The fourth-order valence-corrected chi connectivity index (χ4v) is 7.65. The van der Waals surface area contributed by atoms with E-state index in [2.05, 4.69) is 25.1 Å². The molecule has 0 bridgehead atoms. The van der Waals surface area contributed by atoms with Crippen LogP contribution in [0.4, 0.5) is 11.8 Å². The molecule has 2 saturated heterocycles. The number of ether oxygens (including phenoxy) is 4. The number of hydrogen-bond donors (Lipinski definition) is 5. The van der Waals surface area contributed by atoms with E-state index in [0.29, 0.717) is 37.6 Å². The molecule has 2 aliphatic heterocycles. The summed E-state index contributed by atoms with van der Waals surface area (Å²) in [6.07, 6.45) is -2.62. The van der Waals surface area contributed by atoms with Crippen molar-refractivity contribution < 1.29 is 47.8 Å². The Morgan fingerprint density at radius 1 is 1.08 bits per heavy atom. The van der Waals surface area contributed by atoms with Gasteiger partial charge in [0.15, 0.2) is 23.2 Å². The number of imidazole rings is 1. The lowest BCUT2D eigenvalue weighted by Gasteiger charge is -2.31. The maximum atomic E-state index is 14.5. The first-order valence-corrected chi connectivity index (χ1v) is 17.8. The van der Waals surface area contributed by atoms with Crippen molar-refractivity contribution in [2.45, 2.75) is 84.6 Å². The topological polar surface area (TPSA) is 235 Å². The molecule has 0 aliphatic carbocycles. The first-order chi connectivity index (χ1) is 22.6. The Morgan fingerprint density at radius 2 is 1.65 bits per heavy atom. The summed E-state index contributed by atoms with van der Waals surface area (Å²) in [6.45, 7) is 13.4. The second-order valence-corrected chi connectivity index (χ2v) is 14.5. The molecule has 0 aromatic carbocycles. The number of fused-ring (bicyclic) bond motifs is 1. The van der Waals surface area contributed by atoms with Gasteiger partial charge in [-0.1, -0.05) is 27.7 Å². The number of nitrogen functional groups attached to an aromatic ring is 1. The molecule has 6 atom stereocenters. The number of aliphatic hydroxyl groups is 2. The van der Waals surface area contributed by atoms with Crippen molar-refractivity contribution in [3.63, 3.8) is 0 Å². The van der Waals surface area contributed by atoms with Gasteiger partial charge in [-0.2, -0.15) is 9.97 Å². The number of carbonyl (C=O) groups excluding carboxylic acids is 2. The van der Waals surface area contributed by atoms with Gasteiger partial charge in [0, 0.05) is 13.1 Å². The van der Waals surface area contributed by atoms with Crippen LogP contribution in [0.5, 0.6) is 0 Å². The second-order valence-electron chi connectivity index (χ2n) is 12.6. The minimum atomic E-state index is -4.31. The second kappa shape index (κ2) is 15.7. The monoisotopic (exact) mass is 700 g/mol. The highest BCUT2D eigenvalue weighted by Gasteiger charge is 2.54. The Labute approximate surface area is 279 Å². The normalized spacial score (nSPS) is 24.7. The molecule has 270 valence electrons. The summed E-state index contributed by atoms with van der Waals surface area (Å²) < 4.78 is 43.8. The van der Waals surface area contributed by atoms with Crippen LogP contribution in [0.25, 0.3) is 11.2 Å². The molecule has 4 rings (SSSR count). The first-order valence-electron chi connectivity index (χ1n) is 16.2. The highest BCUT2D eigenvalue weighted by molar-refractivity contribution is 7.54. The van der Waals surface area contributed by atoms with Crippen LogP contribution in [0.1, 0.15) is 54.7 Å². The molecule has 2 unspecified atom stereocenters. The van der Waals surface area contributed by atoms with Crippen molar-refractivity contribution in [2.75, 3.05) is 56.8 Å². The largest absolute Gasteiger partial charge is 0.465 e. The molecular formula is C29H49N8O10P. The zero-order chi connectivity index (χ0) is 35.4. The summed E-state index contributed by atoms with van der Waals surface area (Å²) in [5.74, 6) is -1.65. The predicted molar refractivity (Wildman–Crippen MR) is 174 cm³/mol. The molecule has 6 N–H and O–H groups in total.